The van der Waals surface area contributed by atoms with Gasteiger partial charge >= 0.3 is 0 Å². The van der Waals surface area contributed by atoms with Gasteiger partial charge in [0.15, 0.2) is 0 Å². The number of piperazine rings is 1. The second-order valence-corrected chi connectivity index (χ2v) is 7.54. The minimum absolute atomic E-state index is 0.0688. The van der Waals surface area contributed by atoms with Crippen LogP contribution in [0, 0.1) is 0 Å². The number of benzene rings is 1. The summed E-state index contributed by atoms with van der Waals surface area (Å²) in [6.45, 7) is 3.56. The maximum absolute atomic E-state index is 13.0. The van der Waals surface area contributed by atoms with Gasteiger partial charge in [-0.3, -0.25) is 14.5 Å². The second kappa shape index (κ2) is 10.1. The summed E-state index contributed by atoms with van der Waals surface area (Å²) in [7, 11) is 1.70. The van der Waals surface area contributed by atoms with E-state index in [0.717, 1.165) is 26.2 Å². The number of nitrogens with zero attached hydrogens (tertiary/aromatic N) is 5. The maximum atomic E-state index is 13.0. The predicted octanol–water partition coefficient (Wildman–Crippen LogP) is 1.78. The van der Waals surface area contributed by atoms with Crippen LogP contribution in [0.25, 0.3) is 0 Å². The largest absolute Gasteiger partial charge is 0.467 e. The van der Waals surface area contributed by atoms with Gasteiger partial charge < -0.3 is 19.5 Å². The number of amides is 2. The zero-order valence-electron chi connectivity index (χ0n) is 18.0. The SMILES string of the molecule is CN(C(=O)CN1CCN(c2ncccn2)CC1)c1ccccc1C(=O)NCc1ccco1. The minimum atomic E-state index is -0.256. The smallest absolute Gasteiger partial charge is 0.253 e. The molecule has 166 valence electrons. The molecule has 4 rings (SSSR count). The van der Waals surface area contributed by atoms with Crippen molar-refractivity contribution in [2.24, 2.45) is 0 Å². The van der Waals surface area contributed by atoms with E-state index in [-0.39, 0.29) is 24.9 Å². The normalized spacial score (nSPS) is 14.2. The van der Waals surface area contributed by atoms with Crippen molar-refractivity contribution >= 4 is 23.5 Å². The zero-order valence-corrected chi connectivity index (χ0v) is 18.0. The van der Waals surface area contributed by atoms with E-state index < -0.39 is 0 Å². The molecule has 0 aliphatic carbocycles. The number of hydrogen-bond acceptors (Lipinski definition) is 7. The van der Waals surface area contributed by atoms with Crippen LogP contribution in [0.2, 0.25) is 0 Å². The number of para-hydroxylation sites is 1. The van der Waals surface area contributed by atoms with Crippen molar-refractivity contribution in [3.8, 4) is 0 Å². The van der Waals surface area contributed by atoms with Crippen molar-refractivity contribution in [1.82, 2.24) is 20.2 Å². The summed E-state index contributed by atoms with van der Waals surface area (Å²) in [5.74, 6) is 1.05. The molecular formula is C23H26N6O3. The average molecular weight is 435 g/mol. The lowest BCUT2D eigenvalue weighted by atomic mass is 10.1. The molecule has 3 heterocycles. The lowest BCUT2D eigenvalue weighted by Gasteiger charge is -2.35. The first-order chi connectivity index (χ1) is 15.6. The van der Waals surface area contributed by atoms with Crippen LogP contribution in [0.5, 0.6) is 0 Å². The molecule has 1 fully saturated rings. The molecule has 9 nitrogen and oxygen atoms in total. The molecule has 0 radical (unpaired) electrons. The highest BCUT2D eigenvalue weighted by Gasteiger charge is 2.24. The number of aromatic nitrogens is 2. The van der Waals surface area contributed by atoms with Gasteiger partial charge in [-0.05, 0) is 30.3 Å². The number of carbonyl (C=O) groups is 2. The van der Waals surface area contributed by atoms with Gasteiger partial charge in [-0.1, -0.05) is 12.1 Å². The summed E-state index contributed by atoms with van der Waals surface area (Å²) in [4.78, 5) is 40.1. The zero-order chi connectivity index (χ0) is 22.3. The van der Waals surface area contributed by atoms with Crippen LogP contribution in [-0.4, -0.2) is 66.5 Å². The van der Waals surface area contributed by atoms with Gasteiger partial charge in [0.2, 0.25) is 11.9 Å². The highest BCUT2D eigenvalue weighted by molar-refractivity contribution is 6.04. The van der Waals surface area contributed by atoms with Gasteiger partial charge in [0.1, 0.15) is 5.76 Å². The third-order valence-corrected chi connectivity index (χ3v) is 5.45. The average Bonchev–Trinajstić information content (AvgIpc) is 3.37. The van der Waals surface area contributed by atoms with Crippen molar-refractivity contribution in [1.29, 1.82) is 0 Å². The maximum Gasteiger partial charge on any atom is 0.253 e. The summed E-state index contributed by atoms with van der Waals surface area (Å²) in [5, 5.41) is 2.84. The molecule has 32 heavy (non-hydrogen) atoms. The van der Waals surface area contributed by atoms with Gasteiger partial charge in [0, 0.05) is 45.6 Å². The Morgan fingerprint density at radius 3 is 2.50 bits per heavy atom. The number of nitrogens with one attached hydrogen (secondary N) is 1. The minimum Gasteiger partial charge on any atom is -0.467 e. The first-order valence-electron chi connectivity index (χ1n) is 10.5. The summed E-state index contributed by atoms with van der Waals surface area (Å²) >= 11 is 0. The Morgan fingerprint density at radius 2 is 1.78 bits per heavy atom. The number of hydrogen-bond donors (Lipinski definition) is 1. The van der Waals surface area contributed by atoms with E-state index in [2.05, 4.69) is 25.1 Å². The van der Waals surface area contributed by atoms with Gasteiger partial charge in [0.05, 0.1) is 30.6 Å². The quantitative estimate of drug-likeness (QED) is 0.606. The van der Waals surface area contributed by atoms with Gasteiger partial charge in [-0.2, -0.15) is 0 Å². The molecule has 0 spiro atoms. The fraction of sp³-hybridized carbons (Fsp3) is 0.304. The van der Waals surface area contributed by atoms with E-state index in [4.69, 9.17) is 4.42 Å². The highest BCUT2D eigenvalue weighted by Crippen LogP contribution is 2.20. The Hall–Kier alpha value is -3.72. The van der Waals surface area contributed by atoms with Crippen molar-refractivity contribution < 1.29 is 14.0 Å². The molecule has 1 aliphatic heterocycles. The van der Waals surface area contributed by atoms with Crippen molar-refractivity contribution in [3.63, 3.8) is 0 Å². The van der Waals surface area contributed by atoms with Crippen LogP contribution in [0.1, 0.15) is 16.1 Å². The first kappa shape index (κ1) is 21.5. The Kier molecular flexibility index (Phi) is 6.76. The van der Waals surface area contributed by atoms with Gasteiger partial charge in [-0.25, -0.2) is 9.97 Å². The van der Waals surface area contributed by atoms with Crippen LogP contribution in [0.15, 0.2) is 65.5 Å². The van der Waals surface area contributed by atoms with Crippen molar-refractivity contribution in [3.05, 3.63) is 72.4 Å². The number of anilines is 2. The number of furan rings is 1. The lowest BCUT2D eigenvalue weighted by molar-refractivity contribution is -0.119. The predicted molar refractivity (Wildman–Crippen MR) is 120 cm³/mol. The summed E-state index contributed by atoms with van der Waals surface area (Å²) in [6, 6.07) is 12.5. The van der Waals surface area contributed by atoms with Crippen LogP contribution < -0.4 is 15.1 Å². The third-order valence-electron chi connectivity index (χ3n) is 5.45. The molecule has 0 bridgehead atoms. The number of likely N-dealkylation sites (N-methyl/N-ethyl adjacent to an activating group) is 1. The monoisotopic (exact) mass is 434 g/mol. The van der Waals surface area contributed by atoms with Crippen LogP contribution in [0.3, 0.4) is 0 Å². The van der Waals surface area contributed by atoms with Crippen molar-refractivity contribution in [2.75, 3.05) is 49.6 Å². The molecular weight excluding hydrogens is 408 g/mol. The van der Waals surface area contributed by atoms with E-state index in [9.17, 15) is 9.59 Å². The molecule has 0 saturated carbocycles. The van der Waals surface area contributed by atoms with E-state index in [0.29, 0.717) is 23.0 Å². The Balaban J connectivity index is 1.34. The van der Waals surface area contributed by atoms with Gasteiger partial charge in [0.25, 0.3) is 5.91 Å². The molecule has 0 atom stereocenters. The molecule has 1 aliphatic rings. The molecule has 1 aromatic carbocycles. The molecule has 9 heteroatoms. The number of carbonyl (C=O) groups excluding carboxylic acids is 2. The summed E-state index contributed by atoms with van der Waals surface area (Å²) in [5.41, 5.74) is 1.02. The highest BCUT2D eigenvalue weighted by atomic mass is 16.3. The second-order valence-electron chi connectivity index (χ2n) is 7.54. The lowest BCUT2D eigenvalue weighted by Crippen LogP contribution is -2.50. The van der Waals surface area contributed by atoms with Crippen LogP contribution in [-0.2, 0) is 11.3 Å². The van der Waals surface area contributed by atoms with E-state index >= 15 is 0 Å². The molecule has 1 saturated heterocycles. The van der Waals surface area contributed by atoms with Crippen LogP contribution >= 0.6 is 0 Å². The Morgan fingerprint density at radius 1 is 1.03 bits per heavy atom. The third kappa shape index (κ3) is 5.12. The standard InChI is InChI=1S/C23H26N6O3/c1-27(20-8-3-2-7-19(20)22(31)26-16-18-6-4-15-32-18)21(30)17-28-11-13-29(14-12-28)23-24-9-5-10-25-23/h2-10,15H,11-14,16-17H2,1H3,(H,26,31). The fourth-order valence-corrected chi connectivity index (χ4v) is 3.63. The number of rotatable bonds is 7. The van der Waals surface area contributed by atoms with E-state index in [1.165, 1.54) is 0 Å². The molecule has 2 aromatic heterocycles. The summed E-state index contributed by atoms with van der Waals surface area (Å²) in [6.07, 6.45) is 5.03. The Bertz CT molecular complexity index is 1030. The van der Waals surface area contributed by atoms with Gasteiger partial charge in [-0.15, -0.1) is 0 Å². The molecule has 2 amide bonds. The topological polar surface area (TPSA) is 94.8 Å². The first-order valence-corrected chi connectivity index (χ1v) is 10.5. The van der Waals surface area contributed by atoms with E-state index in [1.807, 2.05) is 6.07 Å². The molecule has 1 N–H and O–H groups in total. The molecule has 3 aromatic rings. The van der Waals surface area contributed by atoms with Crippen molar-refractivity contribution in [2.45, 2.75) is 6.54 Å². The fourth-order valence-electron chi connectivity index (χ4n) is 3.63. The molecule has 0 unspecified atom stereocenters. The summed E-state index contributed by atoms with van der Waals surface area (Å²) < 4.78 is 5.26. The van der Waals surface area contributed by atoms with Crippen LogP contribution in [0.4, 0.5) is 11.6 Å². The Labute approximate surface area is 186 Å². The van der Waals surface area contributed by atoms with E-state index in [1.54, 1.807) is 67.0 Å².